The standard InChI is InChI=1S/C14H12N2O2S/c1-8-4-5-19-12(8)7-16-13(17)10-3-2-9(15)6-11(10)14(16)18/h2-6H,7,15H2,1H3. The summed E-state index contributed by atoms with van der Waals surface area (Å²) >= 11 is 1.55. The fourth-order valence-corrected chi connectivity index (χ4v) is 3.06. The number of aryl methyl sites for hydroxylation is 1. The summed E-state index contributed by atoms with van der Waals surface area (Å²) in [5.74, 6) is -0.507. The van der Waals surface area contributed by atoms with Gasteiger partial charge in [0.05, 0.1) is 17.7 Å². The SMILES string of the molecule is Cc1ccsc1CN1C(=O)c2ccc(N)cc2C1=O. The molecule has 1 aromatic carbocycles. The number of nitrogens with zero attached hydrogens (tertiary/aromatic N) is 1. The van der Waals surface area contributed by atoms with Gasteiger partial charge in [-0.3, -0.25) is 14.5 Å². The van der Waals surface area contributed by atoms with E-state index in [-0.39, 0.29) is 11.8 Å². The maximum atomic E-state index is 12.3. The average Bonchev–Trinajstić information content (AvgIpc) is 2.88. The molecule has 2 N–H and O–H groups in total. The molecule has 0 saturated heterocycles. The van der Waals surface area contributed by atoms with E-state index in [9.17, 15) is 9.59 Å². The lowest BCUT2D eigenvalue weighted by Crippen LogP contribution is -2.28. The zero-order valence-corrected chi connectivity index (χ0v) is 11.2. The molecule has 0 radical (unpaired) electrons. The highest BCUT2D eigenvalue weighted by molar-refractivity contribution is 7.10. The van der Waals surface area contributed by atoms with Crippen molar-refractivity contribution in [3.8, 4) is 0 Å². The molecular formula is C14H12N2O2S. The second-order valence-corrected chi connectivity index (χ2v) is 5.53. The molecule has 5 heteroatoms. The van der Waals surface area contributed by atoms with Gasteiger partial charge >= 0.3 is 0 Å². The van der Waals surface area contributed by atoms with Crippen molar-refractivity contribution in [1.82, 2.24) is 4.90 Å². The van der Waals surface area contributed by atoms with Gasteiger partial charge in [-0.1, -0.05) is 0 Å². The first-order valence-electron chi connectivity index (χ1n) is 5.86. The van der Waals surface area contributed by atoms with Crippen LogP contribution in [0.15, 0.2) is 29.6 Å². The highest BCUT2D eigenvalue weighted by atomic mass is 32.1. The van der Waals surface area contributed by atoms with E-state index in [0.717, 1.165) is 10.4 Å². The molecular weight excluding hydrogens is 260 g/mol. The minimum atomic E-state index is -0.264. The van der Waals surface area contributed by atoms with E-state index >= 15 is 0 Å². The van der Waals surface area contributed by atoms with Gasteiger partial charge in [0.15, 0.2) is 0 Å². The number of rotatable bonds is 2. The number of fused-ring (bicyclic) bond motifs is 1. The predicted octanol–water partition coefficient (Wildman–Crippen LogP) is 2.43. The summed E-state index contributed by atoms with van der Waals surface area (Å²) in [4.78, 5) is 26.8. The quantitative estimate of drug-likeness (QED) is 0.674. The molecule has 1 aromatic heterocycles. The molecule has 0 saturated carbocycles. The van der Waals surface area contributed by atoms with Crippen LogP contribution in [0.1, 0.15) is 31.2 Å². The van der Waals surface area contributed by atoms with E-state index in [0.29, 0.717) is 23.4 Å². The number of nitrogen functional groups attached to an aromatic ring is 1. The van der Waals surface area contributed by atoms with Crippen molar-refractivity contribution in [2.45, 2.75) is 13.5 Å². The number of carbonyl (C=O) groups is 2. The van der Waals surface area contributed by atoms with Crippen molar-refractivity contribution in [3.05, 3.63) is 51.2 Å². The molecule has 0 unspecified atom stereocenters. The maximum absolute atomic E-state index is 12.3. The van der Waals surface area contributed by atoms with Crippen LogP contribution in [-0.4, -0.2) is 16.7 Å². The largest absolute Gasteiger partial charge is 0.399 e. The van der Waals surface area contributed by atoms with Crippen LogP contribution in [0.5, 0.6) is 0 Å². The normalized spacial score (nSPS) is 14.1. The molecule has 0 aliphatic carbocycles. The Morgan fingerprint density at radius 2 is 1.89 bits per heavy atom. The third kappa shape index (κ3) is 1.82. The van der Waals surface area contributed by atoms with Gasteiger partial charge in [-0.05, 0) is 42.1 Å². The van der Waals surface area contributed by atoms with E-state index in [1.54, 1.807) is 29.5 Å². The van der Waals surface area contributed by atoms with E-state index < -0.39 is 0 Å². The third-order valence-electron chi connectivity index (χ3n) is 3.26. The molecule has 96 valence electrons. The lowest BCUT2D eigenvalue weighted by atomic mass is 10.1. The molecule has 19 heavy (non-hydrogen) atoms. The first-order chi connectivity index (χ1) is 9.08. The predicted molar refractivity (Wildman–Crippen MR) is 74.1 cm³/mol. The summed E-state index contributed by atoms with van der Waals surface area (Å²) in [7, 11) is 0. The molecule has 1 aliphatic rings. The molecule has 1 aliphatic heterocycles. The Hall–Kier alpha value is -2.14. The summed E-state index contributed by atoms with van der Waals surface area (Å²) in [5.41, 5.74) is 8.10. The Kier molecular flexibility index (Phi) is 2.64. The summed E-state index contributed by atoms with van der Waals surface area (Å²) < 4.78 is 0. The van der Waals surface area contributed by atoms with Gasteiger partial charge < -0.3 is 5.73 Å². The van der Waals surface area contributed by atoms with Gasteiger partial charge in [-0.2, -0.15) is 0 Å². The molecule has 0 fully saturated rings. The summed E-state index contributed by atoms with van der Waals surface area (Å²) in [6, 6.07) is 6.81. The Labute approximate surface area is 114 Å². The van der Waals surface area contributed by atoms with Crippen molar-refractivity contribution in [3.63, 3.8) is 0 Å². The molecule has 4 nitrogen and oxygen atoms in total. The number of imide groups is 1. The number of anilines is 1. The fourth-order valence-electron chi connectivity index (χ4n) is 2.16. The number of hydrogen-bond donors (Lipinski definition) is 1. The number of nitrogens with two attached hydrogens (primary N) is 1. The van der Waals surface area contributed by atoms with Crippen molar-refractivity contribution in [1.29, 1.82) is 0 Å². The molecule has 0 atom stereocenters. The maximum Gasteiger partial charge on any atom is 0.261 e. The second-order valence-electron chi connectivity index (χ2n) is 4.53. The van der Waals surface area contributed by atoms with Crippen LogP contribution in [0.25, 0.3) is 0 Å². The van der Waals surface area contributed by atoms with Crippen LogP contribution in [0.3, 0.4) is 0 Å². The van der Waals surface area contributed by atoms with Crippen molar-refractivity contribution in [2.75, 3.05) is 5.73 Å². The highest BCUT2D eigenvalue weighted by Gasteiger charge is 2.35. The van der Waals surface area contributed by atoms with E-state index in [1.807, 2.05) is 18.4 Å². The smallest absolute Gasteiger partial charge is 0.261 e. The zero-order valence-electron chi connectivity index (χ0n) is 10.3. The minimum absolute atomic E-state index is 0.243. The van der Waals surface area contributed by atoms with Crippen LogP contribution < -0.4 is 5.73 Å². The topological polar surface area (TPSA) is 63.4 Å². The molecule has 2 amide bonds. The Balaban J connectivity index is 1.97. The monoisotopic (exact) mass is 272 g/mol. The van der Waals surface area contributed by atoms with Gasteiger partial charge in [-0.25, -0.2) is 0 Å². The van der Waals surface area contributed by atoms with Crippen LogP contribution >= 0.6 is 11.3 Å². The number of thiophene rings is 1. The summed E-state index contributed by atoms with van der Waals surface area (Å²) in [6.45, 7) is 2.30. The first-order valence-corrected chi connectivity index (χ1v) is 6.74. The summed E-state index contributed by atoms with van der Waals surface area (Å²) in [6.07, 6.45) is 0. The number of amides is 2. The lowest BCUT2D eigenvalue weighted by Gasteiger charge is -2.13. The molecule has 2 aromatic rings. The number of carbonyl (C=O) groups excluding carboxylic acids is 2. The van der Waals surface area contributed by atoms with E-state index in [4.69, 9.17) is 5.73 Å². The van der Waals surface area contributed by atoms with E-state index in [2.05, 4.69) is 0 Å². The van der Waals surface area contributed by atoms with Crippen LogP contribution in [0, 0.1) is 6.92 Å². The Bertz CT molecular complexity index is 691. The van der Waals surface area contributed by atoms with Crippen LogP contribution in [0.2, 0.25) is 0 Å². The summed E-state index contributed by atoms with van der Waals surface area (Å²) in [5, 5.41) is 1.96. The van der Waals surface area contributed by atoms with Crippen molar-refractivity contribution < 1.29 is 9.59 Å². The average molecular weight is 272 g/mol. The van der Waals surface area contributed by atoms with Gasteiger partial charge in [-0.15, -0.1) is 11.3 Å². The molecule has 2 heterocycles. The van der Waals surface area contributed by atoms with Gasteiger partial charge in [0.2, 0.25) is 0 Å². The fraction of sp³-hybridized carbons (Fsp3) is 0.143. The van der Waals surface area contributed by atoms with Crippen LogP contribution in [0.4, 0.5) is 5.69 Å². The Morgan fingerprint density at radius 3 is 2.58 bits per heavy atom. The molecule has 0 spiro atoms. The van der Waals surface area contributed by atoms with Gasteiger partial charge in [0.1, 0.15) is 0 Å². The van der Waals surface area contributed by atoms with Crippen molar-refractivity contribution in [2.24, 2.45) is 0 Å². The van der Waals surface area contributed by atoms with E-state index in [1.165, 1.54) is 4.90 Å². The number of hydrogen-bond acceptors (Lipinski definition) is 4. The van der Waals surface area contributed by atoms with Gasteiger partial charge in [0, 0.05) is 10.6 Å². The first kappa shape index (κ1) is 11.9. The Morgan fingerprint density at radius 1 is 1.16 bits per heavy atom. The molecule has 0 bridgehead atoms. The number of benzene rings is 1. The third-order valence-corrected chi connectivity index (χ3v) is 4.27. The lowest BCUT2D eigenvalue weighted by molar-refractivity contribution is 0.0644. The second kappa shape index (κ2) is 4.20. The minimum Gasteiger partial charge on any atom is -0.399 e. The van der Waals surface area contributed by atoms with Crippen LogP contribution in [-0.2, 0) is 6.54 Å². The zero-order chi connectivity index (χ0) is 13.6. The molecule has 3 rings (SSSR count). The highest BCUT2D eigenvalue weighted by Crippen LogP contribution is 2.28. The van der Waals surface area contributed by atoms with Gasteiger partial charge in [0.25, 0.3) is 11.8 Å². The van der Waals surface area contributed by atoms with Crippen molar-refractivity contribution >= 4 is 28.8 Å².